The van der Waals surface area contributed by atoms with Gasteiger partial charge in [0.2, 0.25) is 5.75 Å². The van der Waals surface area contributed by atoms with Gasteiger partial charge in [0, 0.05) is 5.92 Å². The minimum Gasteiger partial charge on any atom is -0.504 e. The molecule has 0 fully saturated rings. The van der Waals surface area contributed by atoms with E-state index in [2.05, 4.69) is 0 Å². The Morgan fingerprint density at radius 3 is 1.74 bits per heavy atom. The zero-order chi connectivity index (χ0) is 17.0. The molecule has 0 bridgehead atoms. The fraction of sp³-hybridized carbons (Fsp3) is 0.333. The minimum atomic E-state index is 0.0283. The van der Waals surface area contributed by atoms with Crippen LogP contribution in [0.25, 0.3) is 0 Å². The van der Waals surface area contributed by atoms with Crippen LogP contribution in [-0.2, 0) is 0 Å². The smallest absolute Gasteiger partial charge is 0.203 e. The highest BCUT2D eigenvalue weighted by Gasteiger charge is 2.18. The maximum absolute atomic E-state index is 9.98. The van der Waals surface area contributed by atoms with E-state index in [0.717, 1.165) is 11.1 Å². The standard InChI is InChI=1S/C18H22O5/c1-11(12-6-7-15(20-2)14(19)8-12)13-9-16(21-3)18(23-5)17(10-13)22-4/h6-11,19H,1-5H3/t11-/m1/s1. The lowest BCUT2D eigenvalue weighted by molar-refractivity contribution is 0.323. The summed E-state index contributed by atoms with van der Waals surface area (Å²) in [5.41, 5.74) is 1.95. The van der Waals surface area contributed by atoms with Gasteiger partial charge in [0.05, 0.1) is 28.4 Å². The summed E-state index contributed by atoms with van der Waals surface area (Å²) in [6.45, 7) is 2.04. The SMILES string of the molecule is COc1ccc([C@@H](C)c2cc(OC)c(OC)c(OC)c2)cc1O. The summed E-state index contributed by atoms with van der Waals surface area (Å²) >= 11 is 0. The Hall–Kier alpha value is -2.56. The first-order valence-electron chi connectivity index (χ1n) is 7.22. The molecule has 23 heavy (non-hydrogen) atoms. The highest BCUT2D eigenvalue weighted by molar-refractivity contribution is 5.56. The van der Waals surface area contributed by atoms with Crippen LogP contribution in [0.15, 0.2) is 30.3 Å². The van der Waals surface area contributed by atoms with Crippen LogP contribution in [0.1, 0.15) is 24.0 Å². The first-order chi connectivity index (χ1) is 11.0. The zero-order valence-electron chi connectivity index (χ0n) is 14.0. The number of hydrogen-bond acceptors (Lipinski definition) is 5. The summed E-state index contributed by atoms with van der Waals surface area (Å²) in [4.78, 5) is 0. The van der Waals surface area contributed by atoms with Crippen molar-refractivity contribution in [2.45, 2.75) is 12.8 Å². The number of rotatable bonds is 6. The molecular weight excluding hydrogens is 296 g/mol. The summed E-state index contributed by atoms with van der Waals surface area (Å²) in [7, 11) is 6.28. The van der Waals surface area contributed by atoms with Crippen molar-refractivity contribution in [1.82, 2.24) is 0 Å². The molecule has 1 N–H and O–H groups in total. The van der Waals surface area contributed by atoms with E-state index in [1.54, 1.807) is 33.5 Å². The molecule has 0 aliphatic carbocycles. The lowest BCUT2D eigenvalue weighted by Crippen LogP contribution is -2.01. The van der Waals surface area contributed by atoms with Gasteiger partial charge in [0.1, 0.15) is 0 Å². The Kier molecular flexibility index (Phi) is 5.21. The predicted molar refractivity (Wildman–Crippen MR) is 88.3 cm³/mol. The summed E-state index contributed by atoms with van der Waals surface area (Å²) in [6, 6.07) is 9.19. The van der Waals surface area contributed by atoms with Crippen LogP contribution in [0, 0.1) is 0 Å². The second-order valence-corrected chi connectivity index (χ2v) is 5.11. The molecule has 0 spiro atoms. The van der Waals surface area contributed by atoms with Gasteiger partial charge in [-0.15, -0.1) is 0 Å². The Labute approximate surface area is 136 Å². The molecule has 2 aromatic carbocycles. The van der Waals surface area contributed by atoms with Gasteiger partial charge >= 0.3 is 0 Å². The minimum absolute atomic E-state index is 0.0283. The van der Waals surface area contributed by atoms with E-state index in [1.165, 1.54) is 7.11 Å². The van der Waals surface area contributed by atoms with E-state index in [0.29, 0.717) is 23.0 Å². The highest BCUT2D eigenvalue weighted by Crippen LogP contribution is 2.41. The first kappa shape index (κ1) is 16.8. The summed E-state index contributed by atoms with van der Waals surface area (Å²) < 4.78 is 21.2. The van der Waals surface area contributed by atoms with Crippen LogP contribution < -0.4 is 18.9 Å². The molecule has 0 unspecified atom stereocenters. The second kappa shape index (κ2) is 7.13. The molecule has 0 amide bonds. The van der Waals surface area contributed by atoms with Crippen LogP contribution in [0.2, 0.25) is 0 Å². The van der Waals surface area contributed by atoms with Gasteiger partial charge in [0.25, 0.3) is 0 Å². The van der Waals surface area contributed by atoms with Crippen molar-refractivity contribution in [3.63, 3.8) is 0 Å². The van der Waals surface area contributed by atoms with Crippen molar-refractivity contribution >= 4 is 0 Å². The molecule has 0 aliphatic rings. The normalized spacial score (nSPS) is 11.7. The van der Waals surface area contributed by atoms with Gasteiger partial charge in [-0.25, -0.2) is 0 Å². The van der Waals surface area contributed by atoms with Crippen molar-refractivity contribution in [2.24, 2.45) is 0 Å². The molecule has 0 aliphatic heterocycles. The third-order valence-electron chi connectivity index (χ3n) is 3.89. The number of benzene rings is 2. The number of ether oxygens (including phenoxy) is 4. The molecule has 5 heteroatoms. The fourth-order valence-electron chi connectivity index (χ4n) is 2.52. The number of phenolic OH excluding ortho intramolecular Hbond substituents is 1. The molecule has 5 nitrogen and oxygen atoms in total. The second-order valence-electron chi connectivity index (χ2n) is 5.11. The number of hydrogen-bond donors (Lipinski definition) is 1. The largest absolute Gasteiger partial charge is 0.504 e. The summed E-state index contributed by atoms with van der Waals surface area (Å²) in [5.74, 6) is 2.36. The Bertz CT molecular complexity index is 656. The number of aromatic hydroxyl groups is 1. The van der Waals surface area contributed by atoms with E-state index < -0.39 is 0 Å². The van der Waals surface area contributed by atoms with Crippen LogP contribution in [0.3, 0.4) is 0 Å². The monoisotopic (exact) mass is 318 g/mol. The van der Waals surface area contributed by atoms with Crippen LogP contribution >= 0.6 is 0 Å². The lowest BCUT2D eigenvalue weighted by Gasteiger charge is -2.18. The van der Waals surface area contributed by atoms with Gasteiger partial charge in [-0.1, -0.05) is 13.0 Å². The van der Waals surface area contributed by atoms with Gasteiger partial charge in [0.15, 0.2) is 23.0 Å². The first-order valence-corrected chi connectivity index (χ1v) is 7.22. The molecule has 0 radical (unpaired) electrons. The molecule has 1 atom stereocenters. The van der Waals surface area contributed by atoms with Gasteiger partial charge < -0.3 is 24.1 Å². The van der Waals surface area contributed by atoms with Crippen molar-refractivity contribution in [1.29, 1.82) is 0 Å². The van der Waals surface area contributed by atoms with E-state index in [1.807, 2.05) is 25.1 Å². The topological polar surface area (TPSA) is 57.2 Å². The van der Waals surface area contributed by atoms with Gasteiger partial charge in [-0.3, -0.25) is 0 Å². The molecule has 0 heterocycles. The molecule has 2 rings (SSSR count). The number of phenols is 1. The van der Waals surface area contributed by atoms with E-state index in [9.17, 15) is 5.11 Å². The van der Waals surface area contributed by atoms with Crippen molar-refractivity contribution < 1.29 is 24.1 Å². The average Bonchev–Trinajstić information content (AvgIpc) is 2.59. The quantitative estimate of drug-likeness (QED) is 0.882. The molecule has 124 valence electrons. The van der Waals surface area contributed by atoms with Crippen molar-refractivity contribution in [3.05, 3.63) is 41.5 Å². The Balaban J connectivity index is 2.46. The molecule has 0 saturated heterocycles. The van der Waals surface area contributed by atoms with Gasteiger partial charge in [-0.2, -0.15) is 0 Å². The lowest BCUT2D eigenvalue weighted by atomic mass is 9.92. The fourth-order valence-corrected chi connectivity index (χ4v) is 2.52. The third-order valence-corrected chi connectivity index (χ3v) is 3.89. The van der Waals surface area contributed by atoms with Crippen molar-refractivity contribution in [3.8, 4) is 28.7 Å². The van der Waals surface area contributed by atoms with Crippen LogP contribution in [-0.4, -0.2) is 33.5 Å². The maximum Gasteiger partial charge on any atom is 0.203 e. The molecule has 0 aromatic heterocycles. The van der Waals surface area contributed by atoms with Crippen LogP contribution in [0.5, 0.6) is 28.7 Å². The summed E-state index contributed by atoms with van der Waals surface area (Å²) in [5, 5.41) is 9.98. The van der Waals surface area contributed by atoms with Crippen LogP contribution in [0.4, 0.5) is 0 Å². The predicted octanol–water partition coefficient (Wildman–Crippen LogP) is 3.58. The average molecular weight is 318 g/mol. The molecule has 0 saturated carbocycles. The highest BCUT2D eigenvalue weighted by atomic mass is 16.5. The Morgan fingerprint density at radius 2 is 1.30 bits per heavy atom. The summed E-state index contributed by atoms with van der Waals surface area (Å²) in [6.07, 6.45) is 0. The van der Waals surface area contributed by atoms with Crippen molar-refractivity contribution in [2.75, 3.05) is 28.4 Å². The third kappa shape index (κ3) is 3.28. The zero-order valence-corrected chi connectivity index (χ0v) is 14.0. The molecular formula is C18H22O5. The maximum atomic E-state index is 9.98. The van der Waals surface area contributed by atoms with Gasteiger partial charge in [-0.05, 0) is 35.4 Å². The Morgan fingerprint density at radius 1 is 0.739 bits per heavy atom. The van der Waals surface area contributed by atoms with E-state index in [4.69, 9.17) is 18.9 Å². The number of methoxy groups -OCH3 is 4. The van der Waals surface area contributed by atoms with E-state index in [-0.39, 0.29) is 11.7 Å². The van der Waals surface area contributed by atoms with E-state index >= 15 is 0 Å². The molecule has 2 aromatic rings.